The third kappa shape index (κ3) is 3.48. The lowest BCUT2D eigenvalue weighted by molar-refractivity contribution is 0.804. The third-order valence-electron chi connectivity index (χ3n) is 2.83. The molecule has 0 aliphatic heterocycles. The maximum Gasteiger partial charge on any atom is 0.213 e. The van der Waals surface area contributed by atoms with E-state index in [4.69, 9.17) is 17.2 Å². The maximum absolute atomic E-state index is 5.84. The Morgan fingerprint density at radius 3 is 2.80 bits per heavy atom. The number of unbranched alkanes of at least 4 members (excludes halogenated alkanes) is 1. The standard InChI is InChI=1S/C14H19N5S/c1-2-3-7-11-12(9-5-4-6-10(15)8-9)18-14(20-11)19-13(16)17/h4-6,8H,2-3,7,15H2,1H3,(H4,16,17,18,19). The number of anilines is 1. The number of guanidine groups is 1. The Balaban J connectivity index is 2.43. The largest absolute Gasteiger partial charge is 0.399 e. The van der Waals surface area contributed by atoms with Gasteiger partial charge in [-0.3, -0.25) is 0 Å². The predicted octanol–water partition coefficient (Wildman–Crippen LogP) is 2.64. The molecule has 0 saturated carbocycles. The number of hydrogen-bond acceptors (Lipinski definition) is 4. The molecule has 0 amide bonds. The third-order valence-corrected chi connectivity index (χ3v) is 3.84. The van der Waals surface area contributed by atoms with Gasteiger partial charge in [0.25, 0.3) is 0 Å². The number of nitrogens with zero attached hydrogens (tertiary/aromatic N) is 2. The lowest BCUT2D eigenvalue weighted by atomic mass is 10.1. The van der Waals surface area contributed by atoms with Gasteiger partial charge < -0.3 is 17.2 Å². The number of thiazole rings is 1. The van der Waals surface area contributed by atoms with E-state index in [2.05, 4.69) is 16.9 Å². The molecule has 0 fully saturated rings. The van der Waals surface area contributed by atoms with Crippen molar-refractivity contribution in [2.75, 3.05) is 5.73 Å². The second kappa shape index (κ2) is 6.38. The smallest absolute Gasteiger partial charge is 0.213 e. The van der Waals surface area contributed by atoms with Gasteiger partial charge >= 0.3 is 0 Å². The Kier molecular flexibility index (Phi) is 4.57. The quantitative estimate of drug-likeness (QED) is 0.447. The topological polar surface area (TPSA) is 103 Å². The van der Waals surface area contributed by atoms with E-state index in [-0.39, 0.29) is 5.96 Å². The normalized spacial score (nSPS) is 10.4. The van der Waals surface area contributed by atoms with Gasteiger partial charge in [-0.25, -0.2) is 4.98 Å². The van der Waals surface area contributed by atoms with Gasteiger partial charge in [-0.1, -0.05) is 36.8 Å². The van der Waals surface area contributed by atoms with Crippen LogP contribution in [-0.2, 0) is 6.42 Å². The molecule has 2 aromatic rings. The van der Waals surface area contributed by atoms with E-state index in [0.717, 1.165) is 36.2 Å². The van der Waals surface area contributed by atoms with Crippen LogP contribution in [0.4, 0.5) is 10.8 Å². The lowest BCUT2D eigenvalue weighted by Crippen LogP contribution is -2.21. The number of benzene rings is 1. The fourth-order valence-electron chi connectivity index (χ4n) is 1.92. The molecule has 0 spiro atoms. The monoisotopic (exact) mass is 289 g/mol. The molecule has 0 bridgehead atoms. The zero-order valence-corrected chi connectivity index (χ0v) is 12.3. The Morgan fingerprint density at radius 1 is 1.35 bits per heavy atom. The molecule has 2 rings (SSSR count). The highest BCUT2D eigenvalue weighted by Gasteiger charge is 2.13. The van der Waals surface area contributed by atoms with E-state index in [1.165, 1.54) is 16.2 Å². The number of aliphatic imine (C=N–C) groups is 1. The van der Waals surface area contributed by atoms with Crippen LogP contribution < -0.4 is 17.2 Å². The van der Waals surface area contributed by atoms with Crippen molar-refractivity contribution in [3.8, 4) is 11.3 Å². The fraction of sp³-hybridized carbons (Fsp3) is 0.286. The summed E-state index contributed by atoms with van der Waals surface area (Å²) >= 11 is 1.53. The summed E-state index contributed by atoms with van der Waals surface area (Å²) in [7, 11) is 0. The molecule has 0 unspecified atom stereocenters. The molecule has 1 heterocycles. The highest BCUT2D eigenvalue weighted by molar-refractivity contribution is 7.15. The van der Waals surface area contributed by atoms with Crippen molar-refractivity contribution >= 4 is 28.1 Å². The first-order valence-electron chi connectivity index (χ1n) is 6.55. The van der Waals surface area contributed by atoms with Crippen molar-refractivity contribution in [1.82, 2.24) is 4.98 Å². The van der Waals surface area contributed by atoms with E-state index in [9.17, 15) is 0 Å². The first kappa shape index (κ1) is 14.3. The molecule has 5 nitrogen and oxygen atoms in total. The van der Waals surface area contributed by atoms with Crippen LogP contribution in [0.2, 0.25) is 0 Å². The first-order chi connectivity index (χ1) is 9.60. The molecule has 20 heavy (non-hydrogen) atoms. The summed E-state index contributed by atoms with van der Waals surface area (Å²) in [5.74, 6) is 0.0277. The molecular formula is C14H19N5S. The van der Waals surface area contributed by atoms with Gasteiger partial charge in [-0.2, -0.15) is 4.99 Å². The van der Waals surface area contributed by atoms with Gasteiger partial charge in [-0.15, -0.1) is 0 Å². The number of hydrogen-bond donors (Lipinski definition) is 3. The van der Waals surface area contributed by atoms with Crippen LogP contribution in [0.15, 0.2) is 29.3 Å². The SMILES string of the molecule is CCCCc1sc(N=C(N)N)nc1-c1cccc(N)c1. The molecule has 0 saturated heterocycles. The lowest BCUT2D eigenvalue weighted by Gasteiger charge is -2.02. The Labute approximate surface area is 122 Å². The summed E-state index contributed by atoms with van der Waals surface area (Å²) in [5, 5.41) is 0.591. The molecular weight excluding hydrogens is 270 g/mol. The fourth-order valence-corrected chi connectivity index (χ4v) is 2.93. The van der Waals surface area contributed by atoms with Crippen LogP contribution in [0.25, 0.3) is 11.3 Å². The second-order valence-corrected chi connectivity index (χ2v) is 5.60. The predicted molar refractivity (Wildman–Crippen MR) is 86.0 cm³/mol. The Hall–Kier alpha value is -2.08. The summed E-state index contributed by atoms with van der Waals surface area (Å²) in [4.78, 5) is 9.77. The first-order valence-corrected chi connectivity index (χ1v) is 7.37. The summed E-state index contributed by atoms with van der Waals surface area (Å²) in [6.07, 6.45) is 3.21. The number of nitrogen functional groups attached to an aromatic ring is 1. The Bertz CT molecular complexity index is 614. The molecule has 1 aromatic carbocycles. The molecule has 106 valence electrons. The zero-order chi connectivity index (χ0) is 14.5. The molecule has 0 atom stereocenters. The van der Waals surface area contributed by atoms with E-state index in [1.54, 1.807) is 0 Å². The Morgan fingerprint density at radius 2 is 2.15 bits per heavy atom. The van der Waals surface area contributed by atoms with Gasteiger partial charge in [0.05, 0.1) is 5.69 Å². The van der Waals surface area contributed by atoms with Crippen LogP contribution in [0.1, 0.15) is 24.6 Å². The van der Waals surface area contributed by atoms with Crippen LogP contribution in [0.3, 0.4) is 0 Å². The molecule has 6 heteroatoms. The van der Waals surface area contributed by atoms with Crippen molar-refractivity contribution in [1.29, 1.82) is 0 Å². The molecule has 0 aliphatic carbocycles. The minimum atomic E-state index is 0.0277. The molecule has 0 radical (unpaired) electrons. The highest BCUT2D eigenvalue weighted by atomic mass is 32.1. The number of aryl methyl sites for hydroxylation is 1. The van der Waals surface area contributed by atoms with Crippen molar-refractivity contribution in [2.45, 2.75) is 26.2 Å². The van der Waals surface area contributed by atoms with Gasteiger partial charge in [0, 0.05) is 16.1 Å². The van der Waals surface area contributed by atoms with E-state index < -0.39 is 0 Å². The summed E-state index contributed by atoms with van der Waals surface area (Å²) in [6.45, 7) is 2.16. The van der Waals surface area contributed by atoms with Gasteiger partial charge in [0.15, 0.2) is 5.96 Å². The average Bonchev–Trinajstić information content (AvgIpc) is 2.78. The zero-order valence-electron chi connectivity index (χ0n) is 11.5. The van der Waals surface area contributed by atoms with E-state index >= 15 is 0 Å². The van der Waals surface area contributed by atoms with Crippen LogP contribution in [0, 0.1) is 0 Å². The van der Waals surface area contributed by atoms with Crippen molar-refractivity contribution < 1.29 is 0 Å². The molecule has 1 aromatic heterocycles. The number of rotatable bonds is 5. The maximum atomic E-state index is 5.84. The molecule has 6 N–H and O–H groups in total. The average molecular weight is 289 g/mol. The number of aromatic nitrogens is 1. The van der Waals surface area contributed by atoms with Crippen molar-refractivity contribution in [3.05, 3.63) is 29.1 Å². The minimum Gasteiger partial charge on any atom is -0.399 e. The van der Waals surface area contributed by atoms with Gasteiger partial charge in [-0.05, 0) is 25.0 Å². The van der Waals surface area contributed by atoms with Crippen molar-refractivity contribution in [2.24, 2.45) is 16.5 Å². The molecule has 0 aliphatic rings. The van der Waals surface area contributed by atoms with Gasteiger partial charge in [0.1, 0.15) is 0 Å². The summed E-state index contributed by atoms with van der Waals surface area (Å²) in [6, 6.07) is 7.70. The highest BCUT2D eigenvalue weighted by Crippen LogP contribution is 2.34. The second-order valence-electron chi connectivity index (χ2n) is 4.53. The number of nitrogens with two attached hydrogens (primary N) is 3. The van der Waals surface area contributed by atoms with E-state index in [1.807, 2.05) is 24.3 Å². The minimum absolute atomic E-state index is 0.0277. The van der Waals surface area contributed by atoms with Crippen molar-refractivity contribution in [3.63, 3.8) is 0 Å². The van der Waals surface area contributed by atoms with Crippen LogP contribution in [-0.4, -0.2) is 10.9 Å². The van der Waals surface area contributed by atoms with Crippen LogP contribution in [0.5, 0.6) is 0 Å². The van der Waals surface area contributed by atoms with Gasteiger partial charge in [0.2, 0.25) is 5.13 Å². The summed E-state index contributed by atoms with van der Waals surface area (Å²) < 4.78 is 0. The summed E-state index contributed by atoms with van der Waals surface area (Å²) in [5.41, 5.74) is 19.3. The van der Waals surface area contributed by atoms with Crippen LogP contribution >= 0.6 is 11.3 Å². The van der Waals surface area contributed by atoms with E-state index in [0.29, 0.717) is 5.13 Å².